The Kier molecular flexibility index (Phi) is 4.93. The van der Waals surface area contributed by atoms with E-state index in [0.717, 1.165) is 6.29 Å². The Morgan fingerprint density at radius 3 is 2.37 bits per heavy atom. The lowest BCUT2D eigenvalue weighted by atomic mass is 10.1. The van der Waals surface area contributed by atoms with Crippen molar-refractivity contribution in [1.82, 2.24) is 0 Å². The molecule has 0 aromatic heterocycles. The fourth-order valence-electron chi connectivity index (χ4n) is 1.36. The maximum atomic E-state index is 13.1. The van der Waals surface area contributed by atoms with Crippen LogP contribution in [0.3, 0.4) is 0 Å². The molecule has 0 saturated heterocycles. The van der Waals surface area contributed by atoms with E-state index in [9.17, 15) is 9.18 Å². The van der Waals surface area contributed by atoms with Crippen LogP contribution >= 0.6 is 11.6 Å². The highest BCUT2D eigenvalue weighted by atomic mass is 35.5. The van der Waals surface area contributed by atoms with Crippen LogP contribution in [0.5, 0.6) is 0 Å². The van der Waals surface area contributed by atoms with Gasteiger partial charge in [0.15, 0.2) is 14.6 Å². The third-order valence-corrected chi connectivity index (χ3v) is 8.37. The summed E-state index contributed by atoms with van der Waals surface area (Å²) in [7, 11) is -2.07. The molecule has 0 fully saturated rings. The fourth-order valence-corrected chi connectivity index (χ4v) is 2.73. The second kappa shape index (κ2) is 5.73. The van der Waals surface area contributed by atoms with Gasteiger partial charge in [0.1, 0.15) is 11.9 Å². The monoisotopic (exact) mass is 302 g/mol. The summed E-state index contributed by atoms with van der Waals surface area (Å²) in [6, 6.07) is 4.24. The Morgan fingerprint density at radius 2 is 1.95 bits per heavy atom. The van der Waals surface area contributed by atoms with E-state index >= 15 is 0 Å². The highest BCUT2D eigenvalue weighted by Gasteiger charge is 2.39. The van der Waals surface area contributed by atoms with E-state index in [0.29, 0.717) is 5.56 Å². The smallest absolute Gasteiger partial charge is 0.193 e. The van der Waals surface area contributed by atoms with Crippen molar-refractivity contribution < 1.29 is 13.6 Å². The fraction of sp³-hybridized carbons (Fsp3) is 0.500. The standard InChI is InChI=1S/C14H20ClFO2Si/c1-14(2,3)19(4,5)18-13(9-17)10-6-7-12(16)11(15)8-10/h6-9,13H,1-5H3. The molecule has 0 saturated carbocycles. The molecule has 0 aliphatic carbocycles. The lowest BCUT2D eigenvalue weighted by Gasteiger charge is -2.38. The Morgan fingerprint density at radius 1 is 1.37 bits per heavy atom. The first-order valence-corrected chi connectivity index (χ1v) is 9.45. The molecule has 5 heteroatoms. The van der Waals surface area contributed by atoms with Gasteiger partial charge in [-0.15, -0.1) is 0 Å². The molecule has 1 atom stereocenters. The average molecular weight is 303 g/mol. The summed E-state index contributed by atoms with van der Waals surface area (Å²) in [6.45, 7) is 10.4. The van der Waals surface area contributed by atoms with Gasteiger partial charge in [0.05, 0.1) is 5.02 Å². The van der Waals surface area contributed by atoms with Gasteiger partial charge in [-0.2, -0.15) is 0 Å². The number of carbonyl (C=O) groups excluding carboxylic acids is 1. The van der Waals surface area contributed by atoms with E-state index in [2.05, 4.69) is 33.9 Å². The van der Waals surface area contributed by atoms with Crippen molar-refractivity contribution in [2.75, 3.05) is 0 Å². The van der Waals surface area contributed by atoms with E-state index in [1.807, 2.05) is 0 Å². The van der Waals surface area contributed by atoms with Crippen LogP contribution < -0.4 is 0 Å². The van der Waals surface area contributed by atoms with Gasteiger partial charge in [-0.3, -0.25) is 0 Å². The van der Waals surface area contributed by atoms with Gasteiger partial charge < -0.3 is 9.22 Å². The summed E-state index contributed by atoms with van der Waals surface area (Å²) in [4.78, 5) is 11.3. The van der Waals surface area contributed by atoms with Crippen molar-refractivity contribution in [3.63, 3.8) is 0 Å². The summed E-state index contributed by atoms with van der Waals surface area (Å²) in [6.07, 6.45) is 0.0448. The van der Waals surface area contributed by atoms with E-state index in [4.69, 9.17) is 16.0 Å². The number of hydrogen-bond acceptors (Lipinski definition) is 2. The van der Waals surface area contributed by atoms with Crippen LogP contribution in [0.4, 0.5) is 4.39 Å². The molecule has 19 heavy (non-hydrogen) atoms. The van der Waals surface area contributed by atoms with Crippen LogP contribution in [-0.2, 0) is 9.22 Å². The zero-order valence-corrected chi connectivity index (χ0v) is 13.7. The molecule has 0 radical (unpaired) electrons. The largest absolute Gasteiger partial charge is 0.403 e. The van der Waals surface area contributed by atoms with Crippen molar-refractivity contribution in [2.45, 2.75) is 45.0 Å². The molecule has 0 heterocycles. The summed E-state index contributed by atoms with van der Waals surface area (Å²) in [5.41, 5.74) is 0.589. The summed E-state index contributed by atoms with van der Waals surface area (Å²) in [5.74, 6) is -0.498. The normalized spacial score (nSPS) is 14.3. The van der Waals surface area contributed by atoms with Crippen LogP contribution in [0.1, 0.15) is 32.4 Å². The van der Waals surface area contributed by atoms with E-state index < -0.39 is 20.2 Å². The number of aldehydes is 1. The van der Waals surface area contributed by atoms with E-state index in [1.54, 1.807) is 0 Å². The molecule has 0 amide bonds. The van der Waals surface area contributed by atoms with Crippen LogP contribution in [0.2, 0.25) is 23.2 Å². The van der Waals surface area contributed by atoms with Crippen molar-refractivity contribution in [1.29, 1.82) is 0 Å². The predicted molar refractivity (Wildman–Crippen MR) is 78.5 cm³/mol. The maximum absolute atomic E-state index is 13.1. The summed E-state index contributed by atoms with van der Waals surface area (Å²) in [5, 5.41) is 0.00105. The minimum Gasteiger partial charge on any atom is -0.403 e. The first-order chi connectivity index (χ1) is 8.58. The zero-order chi connectivity index (χ0) is 14.8. The van der Waals surface area contributed by atoms with Crippen LogP contribution in [-0.4, -0.2) is 14.6 Å². The topological polar surface area (TPSA) is 26.3 Å². The van der Waals surface area contributed by atoms with Crippen molar-refractivity contribution in [3.05, 3.63) is 34.6 Å². The number of rotatable bonds is 4. The molecule has 0 bridgehead atoms. The summed E-state index contributed by atoms with van der Waals surface area (Å²) >= 11 is 5.74. The molecule has 0 aliphatic rings. The van der Waals surface area contributed by atoms with Gasteiger partial charge >= 0.3 is 0 Å². The second-order valence-electron chi connectivity index (χ2n) is 6.11. The molecule has 1 aromatic rings. The SMILES string of the molecule is CC(C)(C)[Si](C)(C)OC(C=O)c1ccc(F)c(Cl)c1. The van der Waals surface area contributed by atoms with Gasteiger partial charge in [-0.25, -0.2) is 4.39 Å². The minimum absolute atomic E-state index is 0.00190. The Bertz CT molecular complexity index is 469. The zero-order valence-electron chi connectivity index (χ0n) is 12.0. The third kappa shape index (κ3) is 3.88. The molecule has 0 N–H and O–H groups in total. The van der Waals surface area contributed by atoms with Gasteiger partial charge in [-0.1, -0.05) is 38.4 Å². The third-order valence-electron chi connectivity index (χ3n) is 3.62. The molecular formula is C14H20ClFO2Si. The lowest BCUT2D eigenvalue weighted by molar-refractivity contribution is -0.114. The highest BCUT2D eigenvalue weighted by molar-refractivity contribution is 6.74. The van der Waals surface area contributed by atoms with E-state index in [-0.39, 0.29) is 10.1 Å². The van der Waals surface area contributed by atoms with Crippen molar-refractivity contribution in [3.8, 4) is 0 Å². The molecule has 1 unspecified atom stereocenters. The number of carbonyl (C=O) groups is 1. The highest BCUT2D eigenvalue weighted by Crippen LogP contribution is 2.39. The van der Waals surface area contributed by atoms with Gasteiger partial charge in [0, 0.05) is 0 Å². The average Bonchev–Trinajstić information content (AvgIpc) is 2.28. The van der Waals surface area contributed by atoms with Crippen LogP contribution in [0.15, 0.2) is 18.2 Å². The predicted octanol–water partition coefficient (Wildman–Crippen LogP) is 4.74. The molecular weight excluding hydrogens is 283 g/mol. The number of halogens is 2. The van der Waals surface area contributed by atoms with Crippen molar-refractivity contribution >= 4 is 26.2 Å². The molecule has 0 spiro atoms. The van der Waals surface area contributed by atoms with Crippen molar-refractivity contribution in [2.24, 2.45) is 0 Å². The van der Waals surface area contributed by atoms with Gasteiger partial charge in [-0.05, 0) is 35.8 Å². The molecule has 0 aliphatic heterocycles. The van der Waals surface area contributed by atoms with Crippen LogP contribution in [0, 0.1) is 5.82 Å². The summed E-state index contributed by atoms with van der Waals surface area (Å²) < 4.78 is 19.2. The maximum Gasteiger partial charge on any atom is 0.193 e. The van der Waals surface area contributed by atoms with Gasteiger partial charge in [0.2, 0.25) is 0 Å². The van der Waals surface area contributed by atoms with E-state index in [1.165, 1.54) is 18.2 Å². The Hall–Kier alpha value is -0.713. The molecule has 1 aromatic carbocycles. The molecule has 2 nitrogen and oxygen atoms in total. The first-order valence-electron chi connectivity index (χ1n) is 6.16. The minimum atomic E-state index is -2.07. The lowest BCUT2D eigenvalue weighted by Crippen LogP contribution is -2.42. The number of hydrogen-bond donors (Lipinski definition) is 0. The van der Waals surface area contributed by atoms with Gasteiger partial charge in [0.25, 0.3) is 0 Å². The molecule has 106 valence electrons. The first kappa shape index (κ1) is 16.3. The Balaban J connectivity index is 3.02. The quantitative estimate of drug-likeness (QED) is 0.593. The number of benzene rings is 1. The Labute approximate surface area is 120 Å². The second-order valence-corrected chi connectivity index (χ2v) is 11.3. The van der Waals surface area contributed by atoms with Crippen LogP contribution in [0.25, 0.3) is 0 Å². The molecule has 1 rings (SSSR count).